The Morgan fingerprint density at radius 2 is 1.79 bits per heavy atom. The van der Waals surface area contributed by atoms with E-state index in [1.54, 1.807) is 37.6 Å². The van der Waals surface area contributed by atoms with Crippen LogP contribution in [0.25, 0.3) is 10.8 Å². The van der Waals surface area contributed by atoms with E-state index in [9.17, 15) is 4.79 Å². The highest BCUT2D eigenvalue weighted by Gasteiger charge is 2.13. The van der Waals surface area contributed by atoms with E-state index in [2.05, 4.69) is 66.7 Å². The first-order valence-corrected chi connectivity index (χ1v) is 11.7. The summed E-state index contributed by atoms with van der Waals surface area (Å²) in [7, 11) is 1.59. The van der Waals surface area contributed by atoms with Gasteiger partial charge >= 0.3 is 0 Å². The average Bonchev–Trinajstić information content (AvgIpc) is 2.83. The van der Waals surface area contributed by atoms with Gasteiger partial charge < -0.3 is 9.47 Å². The molecule has 7 heteroatoms. The Morgan fingerprint density at radius 3 is 2.61 bits per heavy atom. The molecular weight excluding hydrogens is 548 g/mol. The van der Waals surface area contributed by atoms with Crippen molar-refractivity contribution >= 4 is 54.8 Å². The predicted octanol–water partition coefficient (Wildman–Crippen LogP) is 6.72. The summed E-state index contributed by atoms with van der Waals surface area (Å²) in [5.41, 5.74) is 4.87. The van der Waals surface area contributed by atoms with Gasteiger partial charge in [0.25, 0.3) is 5.91 Å². The summed E-state index contributed by atoms with van der Waals surface area (Å²) in [6, 6.07) is 25.1. The third kappa shape index (κ3) is 5.61. The summed E-state index contributed by atoms with van der Waals surface area (Å²) in [6.45, 7) is 0.395. The maximum absolute atomic E-state index is 12.2. The second-order valence-electron chi connectivity index (χ2n) is 7.17. The highest BCUT2D eigenvalue weighted by Crippen LogP contribution is 2.37. The van der Waals surface area contributed by atoms with E-state index in [4.69, 9.17) is 9.47 Å². The van der Waals surface area contributed by atoms with Crippen molar-refractivity contribution in [3.63, 3.8) is 0 Å². The zero-order valence-corrected chi connectivity index (χ0v) is 20.9. The number of ether oxygens (including phenoxy) is 2. The van der Waals surface area contributed by atoms with Crippen molar-refractivity contribution in [1.82, 2.24) is 5.43 Å². The minimum atomic E-state index is -0.298. The fourth-order valence-electron chi connectivity index (χ4n) is 3.38. The highest BCUT2D eigenvalue weighted by molar-refractivity contribution is 9.10. The molecule has 33 heavy (non-hydrogen) atoms. The molecular formula is C26H20Br2N2O3. The number of rotatable bonds is 7. The SMILES string of the molecule is COc1cc(/C=N\NC(=O)c2cccc(Br)c2)cc(Br)c1OCc1cccc2ccccc12. The van der Waals surface area contributed by atoms with Crippen molar-refractivity contribution in [3.8, 4) is 11.5 Å². The molecule has 0 radical (unpaired) electrons. The van der Waals surface area contributed by atoms with E-state index in [0.29, 0.717) is 23.7 Å². The first-order valence-electron chi connectivity index (χ1n) is 10.1. The van der Waals surface area contributed by atoms with Gasteiger partial charge in [-0.3, -0.25) is 4.79 Å². The molecule has 0 heterocycles. The zero-order chi connectivity index (χ0) is 23.2. The van der Waals surface area contributed by atoms with E-state index in [1.165, 1.54) is 5.39 Å². The quantitative estimate of drug-likeness (QED) is 0.199. The normalized spacial score (nSPS) is 11.0. The van der Waals surface area contributed by atoms with Gasteiger partial charge in [-0.05, 0) is 68.2 Å². The minimum absolute atomic E-state index is 0.298. The van der Waals surface area contributed by atoms with Crippen LogP contribution < -0.4 is 14.9 Å². The van der Waals surface area contributed by atoms with Crippen LogP contribution in [0.3, 0.4) is 0 Å². The van der Waals surface area contributed by atoms with Gasteiger partial charge in [0.2, 0.25) is 0 Å². The number of halogens is 2. The highest BCUT2D eigenvalue weighted by atomic mass is 79.9. The minimum Gasteiger partial charge on any atom is -0.493 e. The van der Waals surface area contributed by atoms with Gasteiger partial charge in [-0.25, -0.2) is 5.43 Å². The molecule has 0 spiro atoms. The Kier molecular flexibility index (Phi) is 7.42. The standard InChI is InChI=1S/C26H20Br2N2O3/c1-32-24-13-17(15-29-30-26(31)19-8-5-10-21(27)14-19)12-23(28)25(24)33-16-20-9-4-7-18-6-2-3-11-22(18)20/h2-15H,16H2,1H3,(H,30,31)/b29-15-. The topological polar surface area (TPSA) is 59.9 Å². The first kappa shape index (κ1) is 23.0. The maximum Gasteiger partial charge on any atom is 0.271 e. The van der Waals surface area contributed by atoms with Crippen molar-refractivity contribution in [2.75, 3.05) is 7.11 Å². The largest absolute Gasteiger partial charge is 0.493 e. The molecule has 0 unspecified atom stereocenters. The third-order valence-corrected chi connectivity index (χ3v) is 6.05. The lowest BCUT2D eigenvalue weighted by Crippen LogP contribution is -2.17. The molecule has 1 N–H and O–H groups in total. The van der Waals surface area contributed by atoms with Crippen molar-refractivity contribution in [2.45, 2.75) is 6.61 Å². The number of benzene rings is 4. The number of amides is 1. The van der Waals surface area contributed by atoms with Crippen LogP contribution in [-0.4, -0.2) is 19.2 Å². The van der Waals surface area contributed by atoms with Crippen LogP contribution in [0.2, 0.25) is 0 Å². The molecule has 0 aromatic heterocycles. The third-order valence-electron chi connectivity index (χ3n) is 4.97. The Labute approximate surface area is 208 Å². The monoisotopic (exact) mass is 566 g/mol. The number of hydrazone groups is 1. The molecule has 0 saturated carbocycles. The lowest BCUT2D eigenvalue weighted by atomic mass is 10.1. The van der Waals surface area contributed by atoms with Crippen LogP contribution in [0.15, 0.2) is 92.9 Å². The predicted molar refractivity (Wildman–Crippen MR) is 138 cm³/mol. The van der Waals surface area contributed by atoms with Crippen LogP contribution in [-0.2, 0) is 6.61 Å². The Hall–Kier alpha value is -3.16. The molecule has 4 aromatic rings. The van der Waals surface area contributed by atoms with Crippen molar-refractivity contribution in [3.05, 3.63) is 104 Å². The van der Waals surface area contributed by atoms with Gasteiger partial charge in [-0.15, -0.1) is 0 Å². The van der Waals surface area contributed by atoms with Gasteiger partial charge in [-0.1, -0.05) is 64.5 Å². The summed E-state index contributed by atoms with van der Waals surface area (Å²) in [5, 5.41) is 6.38. The lowest BCUT2D eigenvalue weighted by molar-refractivity contribution is 0.0955. The van der Waals surface area contributed by atoms with E-state index < -0.39 is 0 Å². The molecule has 4 aromatic carbocycles. The van der Waals surface area contributed by atoms with Crippen LogP contribution in [0.1, 0.15) is 21.5 Å². The smallest absolute Gasteiger partial charge is 0.271 e. The fourth-order valence-corrected chi connectivity index (χ4v) is 4.36. The molecule has 0 bridgehead atoms. The summed E-state index contributed by atoms with van der Waals surface area (Å²) in [6.07, 6.45) is 1.55. The zero-order valence-electron chi connectivity index (χ0n) is 17.7. The number of hydrogen-bond donors (Lipinski definition) is 1. The summed E-state index contributed by atoms with van der Waals surface area (Å²) >= 11 is 6.92. The molecule has 0 saturated heterocycles. The summed E-state index contributed by atoms with van der Waals surface area (Å²) in [5.74, 6) is 0.860. The summed E-state index contributed by atoms with van der Waals surface area (Å²) < 4.78 is 13.2. The molecule has 0 aliphatic heterocycles. The van der Waals surface area contributed by atoms with Gasteiger partial charge in [0.15, 0.2) is 11.5 Å². The number of carbonyl (C=O) groups excluding carboxylic acids is 1. The molecule has 0 aliphatic rings. The molecule has 4 rings (SSSR count). The number of hydrogen-bond acceptors (Lipinski definition) is 4. The average molecular weight is 568 g/mol. The number of carbonyl (C=O) groups is 1. The van der Waals surface area contributed by atoms with E-state index >= 15 is 0 Å². The van der Waals surface area contributed by atoms with E-state index in [-0.39, 0.29) is 5.91 Å². The molecule has 0 atom stereocenters. The number of nitrogens with one attached hydrogen (secondary N) is 1. The molecule has 0 fully saturated rings. The number of nitrogens with zero attached hydrogens (tertiary/aromatic N) is 1. The second-order valence-corrected chi connectivity index (χ2v) is 8.94. The molecule has 0 aliphatic carbocycles. The van der Waals surface area contributed by atoms with Crippen LogP contribution >= 0.6 is 31.9 Å². The van der Waals surface area contributed by atoms with Gasteiger partial charge in [-0.2, -0.15) is 5.10 Å². The van der Waals surface area contributed by atoms with E-state index in [1.807, 2.05) is 30.3 Å². The maximum atomic E-state index is 12.2. The first-order chi connectivity index (χ1) is 16.0. The van der Waals surface area contributed by atoms with Crippen LogP contribution in [0, 0.1) is 0 Å². The van der Waals surface area contributed by atoms with Crippen LogP contribution in [0.4, 0.5) is 0 Å². The van der Waals surface area contributed by atoms with Gasteiger partial charge in [0, 0.05) is 10.0 Å². The van der Waals surface area contributed by atoms with Crippen molar-refractivity contribution in [1.29, 1.82) is 0 Å². The van der Waals surface area contributed by atoms with Crippen molar-refractivity contribution in [2.24, 2.45) is 5.10 Å². The lowest BCUT2D eigenvalue weighted by Gasteiger charge is -2.14. The number of methoxy groups -OCH3 is 1. The van der Waals surface area contributed by atoms with Gasteiger partial charge in [0.05, 0.1) is 17.8 Å². The Balaban J connectivity index is 1.48. The molecule has 166 valence electrons. The molecule has 5 nitrogen and oxygen atoms in total. The summed E-state index contributed by atoms with van der Waals surface area (Å²) in [4.78, 5) is 12.2. The second kappa shape index (κ2) is 10.6. The van der Waals surface area contributed by atoms with Crippen molar-refractivity contribution < 1.29 is 14.3 Å². The van der Waals surface area contributed by atoms with Gasteiger partial charge in [0.1, 0.15) is 6.61 Å². The fraction of sp³-hybridized carbons (Fsp3) is 0.0769. The molecule has 1 amide bonds. The number of fused-ring (bicyclic) bond motifs is 1. The Bertz CT molecular complexity index is 1330. The van der Waals surface area contributed by atoms with Crippen LogP contribution in [0.5, 0.6) is 11.5 Å². The van der Waals surface area contributed by atoms with E-state index in [0.717, 1.165) is 25.5 Å². The Morgan fingerprint density at radius 1 is 1.00 bits per heavy atom.